The van der Waals surface area contributed by atoms with Crippen molar-refractivity contribution in [2.45, 2.75) is 19.3 Å². The fourth-order valence-electron chi connectivity index (χ4n) is 3.46. The second-order valence-corrected chi connectivity index (χ2v) is 7.54. The number of rotatable bonds is 8. The van der Waals surface area contributed by atoms with E-state index in [0.717, 1.165) is 6.42 Å². The van der Waals surface area contributed by atoms with Crippen LogP contribution in [0.25, 0.3) is 21.9 Å². The zero-order chi connectivity index (χ0) is 23.2. The summed E-state index contributed by atoms with van der Waals surface area (Å²) < 4.78 is 10.4. The standard InChI is InChI=1S/C25H22N2O6/c28-22(18-14-16-8-2-4-10-20(16)32-24(18)30)26-12-6-1-7-13-27-23(29)19-15-17-9-3-5-11-21(17)33-25(19)31/h2-5,8-11,14-15H,1,6-7,12-13H2,(H,26,28)(H,27,29). The first-order chi connectivity index (χ1) is 16.0. The minimum atomic E-state index is -0.674. The molecule has 168 valence electrons. The topological polar surface area (TPSA) is 119 Å². The molecule has 8 heteroatoms. The van der Waals surface area contributed by atoms with Crippen molar-refractivity contribution >= 4 is 33.8 Å². The van der Waals surface area contributed by atoms with Gasteiger partial charge in [-0.05, 0) is 43.5 Å². The van der Waals surface area contributed by atoms with Gasteiger partial charge in [0.25, 0.3) is 11.8 Å². The summed E-state index contributed by atoms with van der Waals surface area (Å²) in [6.45, 7) is 0.765. The van der Waals surface area contributed by atoms with Crippen molar-refractivity contribution in [1.29, 1.82) is 0 Å². The Balaban J connectivity index is 1.20. The van der Waals surface area contributed by atoms with E-state index in [1.807, 2.05) is 0 Å². The summed E-state index contributed by atoms with van der Waals surface area (Å²) in [7, 11) is 0. The molecule has 2 N–H and O–H groups in total. The second kappa shape index (κ2) is 9.95. The molecule has 8 nitrogen and oxygen atoms in total. The molecular formula is C25H22N2O6. The van der Waals surface area contributed by atoms with Gasteiger partial charge in [-0.25, -0.2) is 9.59 Å². The van der Waals surface area contributed by atoms with Gasteiger partial charge in [0.1, 0.15) is 22.3 Å². The highest BCUT2D eigenvalue weighted by molar-refractivity contribution is 5.97. The Morgan fingerprint density at radius 3 is 1.52 bits per heavy atom. The first-order valence-corrected chi connectivity index (χ1v) is 10.6. The molecule has 4 aromatic rings. The van der Waals surface area contributed by atoms with Crippen LogP contribution >= 0.6 is 0 Å². The van der Waals surface area contributed by atoms with Gasteiger partial charge in [0, 0.05) is 23.9 Å². The highest BCUT2D eigenvalue weighted by atomic mass is 16.4. The average molecular weight is 446 g/mol. The van der Waals surface area contributed by atoms with E-state index in [2.05, 4.69) is 10.6 Å². The van der Waals surface area contributed by atoms with Crippen molar-refractivity contribution in [2.24, 2.45) is 0 Å². The van der Waals surface area contributed by atoms with E-state index in [1.165, 1.54) is 12.1 Å². The Morgan fingerprint density at radius 1 is 0.636 bits per heavy atom. The molecular weight excluding hydrogens is 424 g/mol. The van der Waals surface area contributed by atoms with Gasteiger partial charge in [-0.15, -0.1) is 0 Å². The number of nitrogens with one attached hydrogen (secondary N) is 2. The van der Waals surface area contributed by atoms with Crippen LogP contribution in [0.1, 0.15) is 40.0 Å². The lowest BCUT2D eigenvalue weighted by atomic mass is 10.1. The molecule has 0 atom stereocenters. The third kappa shape index (κ3) is 5.17. The van der Waals surface area contributed by atoms with Gasteiger partial charge in [0.2, 0.25) is 0 Å². The van der Waals surface area contributed by atoms with Crippen molar-refractivity contribution in [3.05, 3.63) is 92.6 Å². The summed E-state index contributed by atoms with van der Waals surface area (Å²) in [6.07, 6.45) is 2.07. The van der Waals surface area contributed by atoms with Crippen LogP contribution in [0.2, 0.25) is 0 Å². The number of carbonyl (C=O) groups is 2. The van der Waals surface area contributed by atoms with E-state index in [0.29, 0.717) is 47.9 Å². The molecule has 0 aliphatic rings. The van der Waals surface area contributed by atoms with E-state index >= 15 is 0 Å². The quantitative estimate of drug-likeness (QED) is 0.317. The third-order valence-electron chi connectivity index (χ3n) is 5.20. The maximum Gasteiger partial charge on any atom is 0.349 e. The molecule has 0 fully saturated rings. The fraction of sp³-hybridized carbons (Fsp3) is 0.200. The van der Waals surface area contributed by atoms with Crippen LogP contribution in [-0.4, -0.2) is 24.9 Å². The van der Waals surface area contributed by atoms with E-state index in [1.54, 1.807) is 48.5 Å². The summed E-state index contributed by atoms with van der Waals surface area (Å²) >= 11 is 0. The molecule has 0 aliphatic carbocycles. The van der Waals surface area contributed by atoms with Crippen molar-refractivity contribution < 1.29 is 18.4 Å². The lowest BCUT2D eigenvalue weighted by Gasteiger charge is -2.07. The fourth-order valence-corrected chi connectivity index (χ4v) is 3.46. The lowest BCUT2D eigenvalue weighted by molar-refractivity contribution is 0.0943. The van der Waals surface area contributed by atoms with Crippen LogP contribution in [0.15, 0.2) is 79.1 Å². The zero-order valence-corrected chi connectivity index (χ0v) is 17.8. The minimum Gasteiger partial charge on any atom is -0.422 e. The van der Waals surface area contributed by atoms with Gasteiger partial charge in [0.05, 0.1) is 0 Å². The normalized spacial score (nSPS) is 10.9. The first kappa shape index (κ1) is 22.0. The maximum atomic E-state index is 12.3. The number of hydrogen-bond donors (Lipinski definition) is 2. The van der Waals surface area contributed by atoms with Gasteiger partial charge < -0.3 is 19.5 Å². The summed E-state index contributed by atoms with van der Waals surface area (Å²) in [5, 5.41) is 6.79. The Morgan fingerprint density at radius 2 is 1.06 bits per heavy atom. The van der Waals surface area contributed by atoms with E-state index in [9.17, 15) is 19.2 Å². The van der Waals surface area contributed by atoms with Crippen molar-refractivity contribution in [1.82, 2.24) is 10.6 Å². The lowest BCUT2D eigenvalue weighted by Crippen LogP contribution is -2.30. The zero-order valence-electron chi connectivity index (χ0n) is 17.8. The highest BCUT2D eigenvalue weighted by Gasteiger charge is 2.14. The molecule has 0 saturated carbocycles. The Labute approximate surface area is 188 Å². The summed E-state index contributed by atoms with van der Waals surface area (Å²) in [4.78, 5) is 48.7. The van der Waals surface area contributed by atoms with Gasteiger partial charge in [0.15, 0.2) is 0 Å². The molecule has 0 bridgehead atoms. The predicted molar refractivity (Wildman–Crippen MR) is 123 cm³/mol. The maximum absolute atomic E-state index is 12.3. The predicted octanol–water partition coefficient (Wildman–Crippen LogP) is 3.23. The molecule has 0 saturated heterocycles. The van der Waals surface area contributed by atoms with Crippen LogP contribution in [-0.2, 0) is 0 Å². The number of hydrogen-bond acceptors (Lipinski definition) is 6. The van der Waals surface area contributed by atoms with E-state index in [-0.39, 0.29) is 11.1 Å². The van der Waals surface area contributed by atoms with E-state index < -0.39 is 23.1 Å². The molecule has 0 radical (unpaired) electrons. The van der Waals surface area contributed by atoms with Crippen LogP contribution in [0, 0.1) is 0 Å². The Kier molecular flexibility index (Phi) is 6.64. The molecule has 2 aromatic carbocycles. The average Bonchev–Trinajstić information content (AvgIpc) is 2.82. The Hall–Kier alpha value is -4.20. The van der Waals surface area contributed by atoms with Gasteiger partial charge in [-0.1, -0.05) is 36.4 Å². The number of fused-ring (bicyclic) bond motifs is 2. The number of carbonyl (C=O) groups excluding carboxylic acids is 2. The van der Waals surface area contributed by atoms with Crippen molar-refractivity contribution in [3.8, 4) is 0 Å². The smallest absolute Gasteiger partial charge is 0.349 e. The van der Waals surface area contributed by atoms with Gasteiger partial charge in [-0.2, -0.15) is 0 Å². The molecule has 4 rings (SSSR count). The molecule has 0 spiro atoms. The van der Waals surface area contributed by atoms with Crippen molar-refractivity contribution in [3.63, 3.8) is 0 Å². The minimum absolute atomic E-state index is 0.0322. The molecule has 33 heavy (non-hydrogen) atoms. The monoisotopic (exact) mass is 446 g/mol. The number of unbranched alkanes of at least 4 members (excludes halogenated alkanes) is 2. The van der Waals surface area contributed by atoms with Crippen LogP contribution in [0.4, 0.5) is 0 Å². The Bertz CT molecular complexity index is 1330. The third-order valence-corrected chi connectivity index (χ3v) is 5.20. The molecule has 2 amide bonds. The van der Waals surface area contributed by atoms with Crippen molar-refractivity contribution in [2.75, 3.05) is 13.1 Å². The number of benzene rings is 2. The van der Waals surface area contributed by atoms with Crippen LogP contribution < -0.4 is 21.9 Å². The van der Waals surface area contributed by atoms with Crippen LogP contribution in [0.5, 0.6) is 0 Å². The summed E-state index contributed by atoms with van der Waals surface area (Å²) in [6, 6.07) is 17.0. The second-order valence-electron chi connectivity index (χ2n) is 7.54. The molecule has 2 aromatic heterocycles. The highest BCUT2D eigenvalue weighted by Crippen LogP contribution is 2.13. The van der Waals surface area contributed by atoms with Gasteiger partial charge in [-0.3, -0.25) is 9.59 Å². The SMILES string of the molecule is O=C(NCCCCCNC(=O)c1cc2ccccc2oc1=O)c1cc2ccccc2oc1=O. The summed E-state index contributed by atoms with van der Waals surface area (Å²) in [5.41, 5.74) is -0.547. The first-order valence-electron chi connectivity index (χ1n) is 10.6. The number of amides is 2. The molecule has 0 unspecified atom stereocenters. The van der Waals surface area contributed by atoms with Crippen LogP contribution in [0.3, 0.4) is 0 Å². The van der Waals surface area contributed by atoms with E-state index in [4.69, 9.17) is 8.83 Å². The largest absolute Gasteiger partial charge is 0.422 e. The number of para-hydroxylation sites is 2. The molecule has 0 aliphatic heterocycles. The van der Waals surface area contributed by atoms with Gasteiger partial charge >= 0.3 is 11.3 Å². The summed E-state index contributed by atoms with van der Waals surface area (Å²) in [5.74, 6) is -0.961. The molecule has 2 heterocycles.